The van der Waals surface area contributed by atoms with Crippen LogP contribution >= 0.6 is 0 Å². The van der Waals surface area contributed by atoms with Crippen molar-refractivity contribution in [1.29, 1.82) is 0 Å². The van der Waals surface area contributed by atoms with Crippen LogP contribution in [0.5, 0.6) is 0 Å². The molecule has 30 heavy (non-hydrogen) atoms. The Kier molecular flexibility index (Phi) is 5.07. The van der Waals surface area contributed by atoms with Gasteiger partial charge in [0.15, 0.2) is 0 Å². The van der Waals surface area contributed by atoms with Crippen LogP contribution in [0.2, 0.25) is 0 Å². The Hall–Kier alpha value is -0.0400. The number of rotatable bonds is 5. The zero-order valence-corrected chi connectivity index (χ0v) is 21.0. The van der Waals surface area contributed by atoms with Crippen molar-refractivity contribution >= 4 is 0 Å². The Morgan fingerprint density at radius 1 is 0.833 bits per heavy atom. The minimum Gasteiger partial charge on any atom is -0.393 e. The molecular weight excluding hydrogens is 364 g/mol. The highest BCUT2D eigenvalue weighted by Gasteiger charge is 2.81. The van der Waals surface area contributed by atoms with Gasteiger partial charge in [-0.15, -0.1) is 0 Å². The van der Waals surface area contributed by atoms with E-state index in [2.05, 4.69) is 41.5 Å². The molecule has 0 saturated heterocycles. The van der Waals surface area contributed by atoms with Crippen molar-refractivity contribution in [3.05, 3.63) is 0 Å². The van der Waals surface area contributed by atoms with E-state index in [0.29, 0.717) is 27.6 Å². The van der Waals surface area contributed by atoms with E-state index in [-0.39, 0.29) is 6.10 Å². The minimum absolute atomic E-state index is 0.0261. The average molecular weight is 415 g/mol. The van der Waals surface area contributed by atoms with Gasteiger partial charge in [-0.05, 0) is 115 Å². The summed E-state index contributed by atoms with van der Waals surface area (Å²) < 4.78 is 0. The zero-order chi connectivity index (χ0) is 21.5. The van der Waals surface area contributed by atoms with E-state index in [1.54, 1.807) is 0 Å². The molecule has 10 atom stereocenters. The zero-order valence-electron chi connectivity index (χ0n) is 21.0. The van der Waals surface area contributed by atoms with Crippen LogP contribution in [-0.4, -0.2) is 11.2 Å². The van der Waals surface area contributed by atoms with Gasteiger partial charge in [0.2, 0.25) is 0 Å². The standard InChI is InChI=1S/C29H50O/c1-19(2)8-7-9-20(3)22-12-14-27(6)25-11-10-23-21(4)24(30)13-15-28(23)18-29(25,28)17-16-26(22,27)5/h19-25,30H,7-18H2,1-6H3/t20-,21+,22-,23-,24+,25+,26-,27+,28-,29+/m1/s1. The fourth-order valence-corrected chi connectivity index (χ4v) is 11.0. The lowest BCUT2D eigenvalue weighted by Crippen LogP contribution is -2.55. The van der Waals surface area contributed by atoms with Crippen molar-refractivity contribution in [1.82, 2.24) is 0 Å². The summed E-state index contributed by atoms with van der Waals surface area (Å²) in [5.74, 6) is 5.03. The molecule has 0 radical (unpaired) electrons. The number of aliphatic hydroxyl groups is 1. The van der Waals surface area contributed by atoms with E-state index < -0.39 is 0 Å². The largest absolute Gasteiger partial charge is 0.393 e. The molecular formula is C29H50O. The van der Waals surface area contributed by atoms with E-state index in [1.807, 2.05) is 0 Å². The molecule has 1 N–H and O–H groups in total. The first-order valence-corrected chi connectivity index (χ1v) is 13.8. The molecule has 0 aliphatic heterocycles. The molecule has 0 heterocycles. The van der Waals surface area contributed by atoms with Gasteiger partial charge in [-0.3, -0.25) is 0 Å². The number of fused-ring (bicyclic) bond motifs is 2. The third-order valence-corrected chi connectivity index (χ3v) is 12.9. The topological polar surface area (TPSA) is 20.2 Å². The van der Waals surface area contributed by atoms with Gasteiger partial charge >= 0.3 is 0 Å². The van der Waals surface area contributed by atoms with Crippen LogP contribution in [0.25, 0.3) is 0 Å². The summed E-state index contributed by atoms with van der Waals surface area (Å²) in [5, 5.41) is 10.6. The molecule has 1 heteroatoms. The van der Waals surface area contributed by atoms with Gasteiger partial charge in [-0.2, -0.15) is 0 Å². The molecule has 5 fully saturated rings. The van der Waals surface area contributed by atoms with Crippen molar-refractivity contribution in [3.63, 3.8) is 0 Å². The van der Waals surface area contributed by atoms with Crippen LogP contribution in [0.3, 0.4) is 0 Å². The number of aliphatic hydroxyl groups excluding tert-OH is 1. The summed E-state index contributed by atoms with van der Waals surface area (Å²) in [4.78, 5) is 0. The highest BCUT2D eigenvalue weighted by atomic mass is 16.3. The van der Waals surface area contributed by atoms with Crippen molar-refractivity contribution in [2.45, 2.75) is 125 Å². The van der Waals surface area contributed by atoms with E-state index in [4.69, 9.17) is 0 Å². The van der Waals surface area contributed by atoms with Gasteiger partial charge in [0.25, 0.3) is 0 Å². The molecule has 1 nitrogen and oxygen atoms in total. The van der Waals surface area contributed by atoms with Crippen molar-refractivity contribution in [2.24, 2.45) is 57.2 Å². The summed E-state index contributed by atoms with van der Waals surface area (Å²) in [6.45, 7) is 15.2. The maximum Gasteiger partial charge on any atom is 0.0568 e. The fourth-order valence-electron chi connectivity index (χ4n) is 11.0. The lowest BCUT2D eigenvalue weighted by molar-refractivity contribution is -0.142. The predicted molar refractivity (Wildman–Crippen MR) is 126 cm³/mol. The normalized spacial score (nSPS) is 55.4. The maximum atomic E-state index is 10.6. The van der Waals surface area contributed by atoms with E-state index in [9.17, 15) is 5.11 Å². The van der Waals surface area contributed by atoms with Gasteiger partial charge in [0, 0.05) is 0 Å². The van der Waals surface area contributed by atoms with Gasteiger partial charge in [0.05, 0.1) is 6.10 Å². The van der Waals surface area contributed by atoms with Crippen LogP contribution in [0, 0.1) is 57.2 Å². The van der Waals surface area contributed by atoms with E-state index in [0.717, 1.165) is 36.0 Å². The summed E-state index contributed by atoms with van der Waals surface area (Å²) >= 11 is 0. The van der Waals surface area contributed by atoms with E-state index in [1.165, 1.54) is 70.6 Å². The van der Waals surface area contributed by atoms with Crippen LogP contribution in [0.15, 0.2) is 0 Å². The van der Waals surface area contributed by atoms with Gasteiger partial charge in [-0.25, -0.2) is 0 Å². The van der Waals surface area contributed by atoms with E-state index >= 15 is 0 Å². The lowest BCUT2D eigenvalue weighted by atomic mass is 9.43. The smallest absolute Gasteiger partial charge is 0.0568 e. The SMILES string of the molecule is CC(C)CCC[C@@H](C)[C@H]1CC[C@@]2(C)[C@@H]3CC[C@@H]4[C@H](C)[C@@H](O)CC[C@@]45C[C@@]35CC[C@]12C. The van der Waals surface area contributed by atoms with Crippen molar-refractivity contribution < 1.29 is 5.11 Å². The second-order valence-electron chi connectivity index (χ2n) is 14.0. The predicted octanol–water partition coefficient (Wildman–Crippen LogP) is 7.86. The Morgan fingerprint density at radius 2 is 1.60 bits per heavy atom. The third kappa shape index (κ3) is 2.63. The first-order valence-electron chi connectivity index (χ1n) is 13.8. The highest BCUT2D eigenvalue weighted by Crippen LogP contribution is 2.88. The molecule has 0 aromatic carbocycles. The number of hydrogen-bond acceptors (Lipinski definition) is 1. The Bertz CT molecular complexity index is 669. The summed E-state index contributed by atoms with van der Waals surface area (Å²) in [6, 6.07) is 0. The molecule has 5 rings (SSSR count). The van der Waals surface area contributed by atoms with Crippen LogP contribution < -0.4 is 0 Å². The molecule has 0 aromatic rings. The summed E-state index contributed by atoms with van der Waals surface area (Å²) in [5.41, 5.74) is 2.42. The van der Waals surface area contributed by atoms with Gasteiger partial charge < -0.3 is 5.11 Å². The molecule has 5 aliphatic rings. The Morgan fingerprint density at radius 3 is 2.33 bits per heavy atom. The molecule has 0 unspecified atom stereocenters. The molecule has 172 valence electrons. The number of hydrogen-bond donors (Lipinski definition) is 1. The average Bonchev–Trinajstić information content (AvgIpc) is 3.27. The first kappa shape index (κ1) is 21.8. The third-order valence-electron chi connectivity index (χ3n) is 12.9. The Labute approximate surface area is 187 Å². The molecule has 5 aliphatic carbocycles. The second kappa shape index (κ2) is 6.98. The molecule has 5 saturated carbocycles. The molecule has 0 bridgehead atoms. The van der Waals surface area contributed by atoms with Crippen LogP contribution in [-0.2, 0) is 0 Å². The summed E-state index contributed by atoms with van der Waals surface area (Å²) in [7, 11) is 0. The minimum atomic E-state index is -0.0261. The molecule has 0 aromatic heterocycles. The van der Waals surface area contributed by atoms with Crippen molar-refractivity contribution in [2.75, 3.05) is 0 Å². The van der Waals surface area contributed by atoms with Crippen molar-refractivity contribution in [3.8, 4) is 0 Å². The fraction of sp³-hybridized carbons (Fsp3) is 1.00. The molecule has 0 amide bonds. The van der Waals surface area contributed by atoms with Crippen LogP contribution in [0.1, 0.15) is 119 Å². The second-order valence-corrected chi connectivity index (χ2v) is 14.0. The van der Waals surface area contributed by atoms with Gasteiger partial charge in [0.1, 0.15) is 0 Å². The van der Waals surface area contributed by atoms with Crippen LogP contribution in [0.4, 0.5) is 0 Å². The Balaban J connectivity index is 1.37. The van der Waals surface area contributed by atoms with Gasteiger partial charge in [-0.1, -0.05) is 60.8 Å². The highest BCUT2D eigenvalue weighted by molar-refractivity contribution is 5.29. The summed E-state index contributed by atoms with van der Waals surface area (Å²) in [6.07, 6.45) is 17.1. The quantitative estimate of drug-likeness (QED) is 0.485. The molecule has 2 spiro atoms. The maximum absolute atomic E-state index is 10.6. The monoisotopic (exact) mass is 414 g/mol. The first-order chi connectivity index (χ1) is 14.1. The lowest BCUT2D eigenvalue weighted by Gasteiger charge is -2.62.